The van der Waals surface area contributed by atoms with Gasteiger partial charge in [-0.15, -0.1) is 0 Å². The number of carbonyl (C=O) groups is 1. The van der Waals surface area contributed by atoms with E-state index in [4.69, 9.17) is 9.47 Å². The molecule has 2 atom stereocenters. The molecule has 0 spiro atoms. The zero-order valence-electron chi connectivity index (χ0n) is 12.0. The van der Waals surface area contributed by atoms with Gasteiger partial charge in [0.1, 0.15) is 12.4 Å². The van der Waals surface area contributed by atoms with Gasteiger partial charge in [-0.1, -0.05) is 19.8 Å². The first-order valence-corrected chi connectivity index (χ1v) is 7.89. The van der Waals surface area contributed by atoms with Crippen LogP contribution in [-0.2, 0) is 4.74 Å². The number of hydrogen-bond acceptors (Lipinski definition) is 3. The largest absolute Gasteiger partial charge is 0.496 e. The van der Waals surface area contributed by atoms with Crippen LogP contribution in [0.25, 0.3) is 0 Å². The molecular weight excluding hydrogens is 320 g/mol. The number of hydrogen-bond donors (Lipinski definition) is 0. The van der Waals surface area contributed by atoms with Crippen LogP contribution < -0.4 is 4.74 Å². The van der Waals surface area contributed by atoms with Crippen molar-refractivity contribution in [3.8, 4) is 5.75 Å². The molecule has 0 radical (unpaired) electrons. The molecule has 0 bridgehead atoms. The second kappa shape index (κ2) is 7.23. The Balaban J connectivity index is 1.93. The number of rotatable bonds is 5. The Morgan fingerprint density at radius 3 is 2.75 bits per heavy atom. The molecule has 0 heterocycles. The summed E-state index contributed by atoms with van der Waals surface area (Å²) in [4.78, 5) is 12.2. The third-order valence-corrected chi connectivity index (χ3v) is 4.55. The Labute approximate surface area is 128 Å². The van der Waals surface area contributed by atoms with Crippen LogP contribution in [0.4, 0.5) is 0 Å². The Bertz CT molecular complexity index is 473. The lowest BCUT2D eigenvalue weighted by molar-refractivity contribution is 0.000746. The third kappa shape index (κ3) is 3.83. The highest BCUT2D eigenvalue weighted by Gasteiger charge is 2.22. The predicted molar refractivity (Wildman–Crippen MR) is 82.4 cm³/mol. The average molecular weight is 341 g/mol. The van der Waals surface area contributed by atoms with E-state index in [0.29, 0.717) is 11.5 Å². The van der Waals surface area contributed by atoms with Crippen molar-refractivity contribution in [1.82, 2.24) is 0 Å². The summed E-state index contributed by atoms with van der Waals surface area (Å²) < 4.78 is 11.8. The molecule has 1 aromatic rings. The Morgan fingerprint density at radius 1 is 1.35 bits per heavy atom. The van der Waals surface area contributed by atoms with Crippen LogP contribution in [0, 0.1) is 5.92 Å². The van der Waals surface area contributed by atoms with Gasteiger partial charge in [0.25, 0.3) is 0 Å². The highest BCUT2D eigenvalue weighted by atomic mass is 79.9. The third-order valence-electron chi connectivity index (χ3n) is 3.94. The molecule has 4 heteroatoms. The van der Waals surface area contributed by atoms with E-state index >= 15 is 0 Å². The van der Waals surface area contributed by atoms with Crippen LogP contribution in [0.2, 0.25) is 0 Å². The van der Waals surface area contributed by atoms with Crippen LogP contribution in [0.1, 0.15) is 43.0 Å². The van der Waals surface area contributed by atoms with E-state index in [2.05, 4.69) is 22.9 Å². The second-order valence-corrected chi connectivity index (χ2v) is 6.24. The maximum atomic E-state index is 12.2. The summed E-state index contributed by atoms with van der Waals surface area (Å²) in [5.41, 5.74) is 0.654. The normalized spacial score (nSPS) is 22.6. The lowest BCUT2D eigenvalue weighted by Crippen LogP contribution is -2.27. The summed E-state index contributed by atoms with van der Waals surface area (Å²) in [5.74, 6) is 1.30. The van der Waals surface area contributed by atoms with Gasteiger partial charge in [0.15, 0.2) is 5.78 Å². The highest BCUT2D eigenvalue weighted by Crippen LogP contribution is 2.27. The predicted octanol–water partition coefficient (Wildman–Crippen LogP) is 4.24. The van der Waals surface area contributed by atoms with E-state index in [9.17, 15) is 4.79 Å². The smallest absolute Gasteiger partial charge is 0.188 e. The van der Waals surface area contributed by atoms with E-state index in [1.165, 1.54) is 19.3 Å². The lowest BCUT2D eigenvalue weighted by Gasteiger charge is -2.28. The first-order valence-electron chi connectivity index (χ1n) is 7.10. The number of methoxy groups -OCH3 is 1. The second-order valence-electron chi connectivity index (χ2n) is 5.38. The fraction of sp³-hybridized carbons (Fsp3) is 0.562. The molecule has 0 amide bonds. The molecule has 1 fully saturated rings. The van der Waals surface area contributed by atoms with Gasteiger partial charge in [0, 0.05) is 5.56 Å². The number of carbonyl (C=O) groups excluding carboxylic acids is 1. The van der Waals surface area contributed by atoms with Crippen LogP contribution >= 0.6 is 15.9 Å². The van der Waals surface area contributed by atoms with Crippen molar-refractivity contribution in [1.29, 1.82) is 0 Å². The lowest BCUT2D eigenvalue weighted by atomic mass is 9.88. The minimum absolute atomic E-state index is 0.0196. The Morgan fingerprint density at radius 2 is 2.10 bits per heavy atom. The van der Waals surface area contributed by atoms with Crippen molar-refractivity contribution in [3.63, 3.8) is 0 Å². The molecule has 1 aliphatic rings. The van der Waals surface area contributed by atoms with Gasteiger partial charge in [-0.3, -0.25) is 4.79 Å². The van der Waals surface area contributed by atoms with Crippen LogP contribution in [-0.4, -0.2) is 25.6 Å². The maximum Gasteiger partial charge on any atom is 0.188 e. The molecule has 0 aliphatic heterocycles. The Kier molecular flexibility index (Phi) is 5.61. The first kappa shape index (κ1) is 15.5. The SMILES string of the molecule is COc1ccc(C(=O)COC2CCCCC2C)cc1Br. The average Bonchev–Trinajstić information content (AvgIpc) is 2.46. The minimum Gasteiger partial charge on any atom is -0.496 e. The van der Waals surface area contributed by atoms with Crippen molar-refractivity contribution in [2.24, 2.45) is 5.92 Å². The number of Topliss-reactive ketones (excluding diaryl/α,β-unsaturated/α-hetero) is 1. The van der Waals surface area contributed by atoms with E-state index in [1.54, 1.807) is 25.3 Å². The number of benzene rings is 1. The van der Waals surface area contributed by atoms with Crippen molar-refractivity contribution in [2.45, 2.75) is 38.7 Å². The van der Waals surface area contributed by atoms with E-state index in [-0.39, 0.29) is 18.5 Å². The first-order chi connectivity index (χ1) is 9.61. The van der Waals surface area contributed by atoms with Gasteiger partial charge in [-0.05, 0) is 52.9 Å². The topological polar surface area (TPSA) is 35.5 Å². The van der Waals surface area contributed by atoms with Gasteiger partial charge in [-0.25, -0.2) is 0 Å². The number of ether oxygens (including phenoxy) is 2. The molecule has 0 saturated heterocycles. The fourth-order valence-corrected chi connectivity index (χ4v) is 3.18. The molecule has 2 rings (SSSR count). The molecule has 3 nitrogen and oxygen atoms in total. The molecule has 0 aromatic heterocycles. The zero-order valence-corrected chi connectivity index (χ0v) is 13.6. The van der Waals surface area contributed by atoms with Gasteiger partial charge >= 0.3 is 0 Å². The summed E-state index contributed by atoms with van der Waals surface area (Å²) in [6.45, 7) is 2.37. The maximum absolute atomic E-state index is 12.2. The van der Waals surface area contributed by atoms with E-state index < -0.39 is 0 Å². The number of halogens is 1. The summed E-state index contributed by atoms with van der Waals surface area (Å²) in [6.07, 6.45) is 4.99. The van der Waals surface area contributed by atoms with Gasteiger partial charge in [-0.2, -0.15) is 0 Å². The van der Waals surface area contributed by atoms with Crippen LogP contribution in [0.15, 0.2) is 22.7 Å². The van der Waals surface area contributed by atoms with E-state index in [0.717, 1.165) is 16.6 Å². The molecule has 1 aliphatic carbocycles. The molecular formula is C16H21BrO3. The van der Waals surface area contributed by atoms with Crippen molar-refractivity contribution < 1.29 is 14.3 Å². The summed E-state index contributed by atoms with van der Waals surface area (Å²) >= 11 is 3.39. The summed E-state index contributed by atoms with van der Waals surface area (Å²) in [5, 5.41) is 0. The molecule has 110 valence electrons. The fourth-order valence-electron chi connectivity index (χ4n) is 2.64. The summed E-state index contributed by atoms with van der Waals surface area (Å²) in [6, 6.07) is 5.36. The molecule has 20 heavy (non-hydrogen) atoms. The zero-order chi connectivity index (χ0) is 14.5. The standard InChI is InChI=1S/C16H21BrO3/c1-11-5-3-4-6-15(11)20-10-14(18)12-7-8-16(19-2)13(17)9-12/h7-9,11,15H,3-6,10H2,1-2H3. The summed E-state index contributed by atoms with van der Waals surface area (Å²) in [7, 11) is 1.61. The Hall–Kier alpha value is -0.870. The van der Waals surface area contributed by atoms with Crippen molar-refractivity contribution in [2.75, 3.05) is 13.7 Å². The quantitative estimate of drug-likeness (QED) is 0.752. The van der Waals surface area contributed by atoms with Gasteiger partial charge in [0.05, 0.1) is 17.7 Å². The van der Waals surface area contributed by atoms with Crippen molar-refractivity contribution >= 4 is 21.7 Å². The van der Waals surface area contributed by atoms with Crippen molar-refractivity contribution in [3.05, 3.63) is 28.2 Å². The van der Waals surface area contributed by atoms with E-state index in [1.807, 2.05) is 0 Å². The van der Waals surface area contributed by atoms with Crippen LogP contribution in [0.5, 0.6) is 5.75 Å². The monoisotopic (exact) mass is 340 g/mol. The molecule has 1 saturated carbocycles. The van der Waals surface area contributed by atoms with Crippen LogP contribution in [0.3, 0.4) is 0 Å². The molecule has 2 unspecified atom stereocenters. The minimum atomic E-state index is 0.0196. The van der Waals surface area contributed by atoms with Gasteiger partial charge < -0.3 is 9.47 Å². The number of ketones is 1. The highest BCUT2D eigenvalue weighted by molar-refractivity contribution is 9.10. The molecule has 1 aromatic carbocycles. The molecule has 0 N–H and O–H groups in total. The van der Waals surface area contributed by atoms with Gasteiger partial charge in [0.2, 0.25) is 0 Å².